The van der Waals surface area contributed by atoms with E-state index < -0.39 is 0 Å². The van der Waals surface area contributed by atoms with E-state index in [4.69, 9.17) is 0 Å². The minimum atomic E-state index is -0.0769. The summed E-state index contributed by atoms with van der Waals surface area (Å²) in [7, 11) is 0. The molecule has 1 aliphatic heterocycles. The van der Waals surface area contributed by atoms with Gasteiger partial charge in [-0.1, -0.05) is 30.3 Å². The lowest BCUT2D eigenvalue weighted by atomic mass is 9.71. The quantitative estimate of drug-likeness (QED) is 0.872. The molecule has 0 bridgehead atoms. The number of hydrogen-bond donors (Lipinski definition) is 2. The van der Waals surface area contributed by atoms with Crippen molar-refractivity contribution in [1.29, 1.82) is 0 Å². The van der Waals surface area contributed by atoms with Crippen LogP contribution in [0.15, 0.2) is 30.3 Å². The van der Waals surface area contributed by atoms with Gasteiger partial charge in [0.15, 0.2) is 0 Å². The minimum Gasteiger partial charge on any atom is -0.347 e. The van der Waals surface area contributed by atoms with Gasteiger partial charge in [0.1, 0.15) is 0 Å². The van der Waals surface area contributed by atoms with Crippen LogP contribution in [0.25, 0.3) is 0 Å². The summed E-state index contributed by atoms with van der Waals surface area (Å²) in [6.45, 7) is 2.22. The number of hydrogen-bond acceptors (Lipinski definition) is 2. The monoisotopic (exact) mass is 322 g/mol. The first kappa shape index (κ1) is 17.3. The molecule has 0 radical (unpaired) electrons. The molecule has 1 aliphatic carbocycles. The first-order chi connectivity index (χ1) is 10.3. The summed E-state index contributed by atoms with van der Waals surface area (Å²) in [5, 5.41) is 6.71. The van der Waals surface area contributed by atoms with Gasteiger partial charge in [0, 0.05) is 6.42 Å². The second kappa shape index (κ2) is 7.98. The zero-order valence-electron chi connectivity index (χ0n) is 13.1. The van der Waals surface area contributed by atoms with Crippen molar-refractivity contribution >= 4 is 18.3 Å². The van der Waals surface area contributed by atoms with Crippen molar-refractivity contribution < 1.29 is 4.79 Å². The Morgan fingerprint density at radius 1 is 1.18 bits per heavy atom. The molecule has 1 saturated carbocycles. The highest BCUT2D eigenvalue weighted by molar-refractivity contribution is 5.85. The summed E-state index contributed by atoms with van der Waals surface area (Å²) < 4.78 is 0. The third-order valence-electron chi connectivity index (χ3n) is 5.15. The second-order valence-electron chi connectivity index (χ2n) is 6.58. The predicted molar refractivity (Wildman–Crippen MR) is 92.2 cm³/mol. The van der Waals surface area contributed by atoms with E-state index in [1.54, 1.807) is 0 Å². The molecule has 2 aliphatic rings. The third kappa shape index (κ3) is 4.02. The Morgan fingerprint density at radius 3 is 2.45 bits per heavy atom. The average Bonchev–Trinajstić information content (AvgIpc) is 2.51. The van der Waals surface area contributed by atoms with Crippen molar-refractivity contribution in [2.75, 3.05) is 13.1 Å². The first-order valence-electron chi connectivity index (χ1n) is 8.36. The SMILES string of the molecule is Cl.O=C(CCC1CCNCC1)NC1(c2ccccc2)CCC1. The summed E-state index contributed by atoms with van der Waals surface area (Å²) >= 11 is 0. The smallest absolute Gasteiger partial charge is 0.220 e. The van der Waals surface area contributed by atoms with Gasteiger partial charge in [-0.2, -0.15) is 0 Å². The number of benzene rings is 1. The second-order valence-corrected chi connectivity index (χ2v) is 6.58. The van der Waals surface area contributed by atoms with E-state index in [0.717, 1.165) is 38.3 Å². The van der Waals surface area contributed by atoms with Gasteiger partial charge in [0.2, 0.25) is 5.91 Å². The molecule has 1 amide bonds. The Labute approximate surface area is 139 Å². The van der Waals surface area contributed by atoms with Crippen molar-refractivity contribution in [1.82, 2.24) is 10.6 Å². The molecule has 122 valence electrons. The molecule has 0 atom stereocenters. The lowest BCUT2D eigenvalue weighted by Crippen LogP contribution is -2.50. The van der Waals surface area contributed by atoms with E-state index in [9.17, 15) is 4.79 Å². The number of piperidine rings is 1. The standard InChI is InChI=1S/C18H26N2O.ClH/c21-17(8-7-15-9-13-19-14-10-15)20-18(11-4-12-18)16-5-2-1-3-6-16;/h1-3,5-6,15,19H,4,7-14H2,(H,20,21);1H. The van der Waals surface area contributed by atoms with Crippen LogP contribution >= 0.6 is 12.4 Å². The topological polar surface area (TPSA) is 41.1 Å². The summed E-state index contributed by atoms with van der Waals surface area (Å²) in [5.74, 6) is 0.961. The molecule has 1 aromatic carbocycles. The molecule has 2 N–H and O–H groups in total. The highest BCUT2D eigenvalue weighted by atomic mass is 35.5. The Morgan fingerprint density at radius 2 is 1.86 bits per heavy atom. The van der Waals surface area contributed by atoms with Crippen LogP contribution in [-0.4, -0.2) is 19.0 Å². The van der Waals surface area contributed by atoms with Crippen molar-refractivity contribution in [3.05, 3.63) is 35.9 Å². The molecule has 0 unspecified atom stereocenters. The molecule has 3 rings (SSSR count). The average molecular weight is 323 g/mol. The van der Waals surface area contributed by atoms with Gasteiger partial charge in [-0.15, -0.1) is 12.4 Å². The highest BCUT2D eigenvalue weighted by Crippen LogP contribution is 2.41. The molecule has 1 heterocycles. The Balaban J connectivity index is 0.00000176. The molecule has 1 saturated heterocycles. The predicted octanol–water partition coefficient (Wildman–Crippen LogP) is 3.38. The van der Waals surface area contributed by atoms with Crippen molar-refractivity contribution in [3.63, 3.8) is 0 Å². The van der Waals surface area contributed by atoms with Gasteiger partial charge in [0.05, 0.1) is 5.54 Å². The molecule has 0 spiro atoms. The van der Waals surface area contributed by atoms with E-state index in [-0.39, 0.29) is 23.9 Å². The summed E-state index contributed by atoms with van der Waals surface area (Å²) in [6.07, 6.45) is 7.53. The van der Waals surface area contributed by atoms with Gasteiger partial charge in [-0.05, 0) is 63.1 Å². The highest BCUT2D eigenvalue weighted by Gasteiger charge is 2.39. The van der Waals surface area contributed by atoms with Crippen molar-refractivity contribution in [2.24, 2.45) is 5.92 Å². The lowest BCUT2D eigenvalue weighted by molar-refractivity contribution is -0.124. The number of rotatable bonds is 5. The Bertz CT molecular complexity index is 467. The largest absolute Gasteiger partial charge is 0.347 e. The normalized spacial score (nSPS) is 20.5. The number of halogens is 1. The van der Waals surface area contributed by atoms with Gasteiger partial charge >= 0.3 is 0 Å². The van der Waals surface area contributed by atoms with E-state index in [2.05, 4.69) is 34.9 Å². The molecule has 22 heavy (non-hydrogen) atoms. The van der Waals surface area contributed by atoms with Crippen LogP contribution in [0.1, 0.15) is 50.5 Å². The Hall–Kier alpha value is -1.06. The van der Waals surface area contributed by atoms with Crippen LogP contribution < -0.4 is 10.6 Å². The summed E-state index contributed by atoms with van der Waals surface area (Å²) in [6, 6.07) is 10.5. The van der Waals surface area contributed by atoms with Gasteiger partial charge < -0.3 is 10.6 Å². The maximum absolute atomic E-state index is 12.3. The fraction of sp³-hybridized carbons (Fsp3) is 0.611. The van der Waals surface area contributed by atoms with Crippen LogP contribution in [0.2, 0.25) is 0 Å². The van der Waals surface area contributed by atoms with E-state index >= 15 is 0 Å². The fourth-order valence-electron chi connectivity index (χ4n) is 3.61. The molecule has 2 fully saturated rings. The van der Waals surface area contributed by atoms with Crippen LogP contribution in [0.5, 0.6) is 0 Å². The molecule has 4 heteroatoms. The molecule has 3 nitrogen and oxygen atoms in total. The number of carbonyl (C=O) groups excluding carboxylic acids is 1. The van der Waals surface area contributed by atoms with Crippen molar-refractivity contribution in [2.45, 2.75) is 50.5 Å². The molecule has 1 aromatic rings. The number of nitrogens with one attached hydrogen (secondary N) is 2. The minimum absolute atomic E-state index is 0. The van der Waals surface area contributed by atoms with Crippen LogP contribution in [0.3, 0.4) is 0 Å². The number of carbonyl (C=O) groups is 1. The maximum atomic E-state index is 12.3. The molecular formula is C18H27ClN2O. The molecule has 0 aromatic heterocycles. The van der Waals surface area contributed by atoms with E-state index in [0.29, 0.717) is 6.42 Å². The van der Waals surface area contributed by atoms with Gasteiger partial charge in [-0.3, -0.25) is 4.79 Å². The van der Waals surface area contributed by atoms with E-state index in [1.807, 2.05) is 6.07 Å². The maximum Gasteiger partial charge on any atom is 0.220 e. The van der Waals surface area contributed by atoms with E-state index in [1.165, 1.54) is 24.8 Å². The summed E-state index contributed by atoms with van der Waals surface area (Å²) in [5.41, 5.74) is 1.19. The van der Waals surface area contributed by atoms with Gasteiger partial charge in [-0.25, -0.2) is 0 Å². The third-order valence-corrected chi connectivity index (χ3v) is 5.15. The zero-order valence-corrected chi connectivity index (χ0v) is 14.0. The summed E-state index contributed by atoms with van der Waals surface area (Å²) in [4.78, 5) is 12.3. The zero-order chi connectivity index (χ0) is 14.5. The van der Waals surface area contributed by atoms with Crippen molar-refractivity contribution in [3.8, 4) is 0 Å². The Kier molecular flexibility index (Phi) is 6.27. The van der Waals surface area contributed by atoms with Gasteiger partial charge in [0.25, 0.3) is 0 Å². The first-order valence-corrected chi connectivity index (χ1v) is 8.36. The molecular weight excluding hydrogens is 296 g/mol. The fourth-order valence-corrected chi connectivity index (χ4v) is 3.61. The van der Waals surface area contributed by atoms with Crippen LogP contribution in [0.4, 0.5) is 0 Å². The van der Waals surface area contributed by atoms with Crippen LogP contribution in [0, 0.1) is 5.92 Å². The van der Waals surface area contributed by atoms with Crippen LogP contribution in [-0.2, 0) is 10.3 Å². The lowest BCUT2D eigenvalue weighted by Gasteiger charge is -2.43. The number of amides is 1.